The van der Waals surface area contributed by atoms with Gasteiger partial charge in [0.2, 0.25) is 0 Å². The third kappa shape index (κ3) is 3.51. The molecule has 0 fully saturated rings. The lowest BCUT2D eigenvalue weighted by molar-refractivity contribution is -0.384. The average Bonchev–Trinajstić information content (AvgIpc) is 2.72. The summed E-state index contributed by atoms with van der Waals surface area (Å²) in [6.07, 6.45) is 1.75. The number of nitro groups is 1. The number of hydrogen-bond donors (Lipinski definition) is 0. The van der Waals surface area contributed by atoms with E-state index in [4.69, 9.17) is 4.74 Å². The molecule has 0 bridgehead atoms. The number of carbonyl (C=O) groups excluding carboxylic acids is 1. The maximum Gasteiger partial charge on any atom is 0.339 e. The molecule has 28 heavy (non-hydrogen) atoms. The molecule has 2 atom stereocenters. The molecule has 0 unspecified atom stereocenters. The Morgan fingerprint density at radius 1 is 1.11 bits per heavy atom. The summed E-state index contributed by atoms with van der Waals surface area (Å²) in [6.45, 7) is 7.68. The Kier molecular flexibility index (Phi) is 5.27. The highest BCUT2D eigenvalue weighted by Gasteiger charge is 2.37. The Balaban J connectivity index is 2.03. The lowest BCUT2D eigenvalue weighted by atomic mass is 9.81. The van der Waals surface area contributed by atoms with Crippen LogP contribution in [0.4, 0.5) is 5.69 Å². The van der Waals surface area contributed by atoms with Gasteiger partial charge in [-0.15, -0.1) is 6.58 Å². The average molecular weight is 375 g/mol. The second-order valence-electron chi connectivity index (χ2n) is 6.85. The van der Waals surface area contributed by atoms with Crippen LogP contribution in [0.2, 0.25) is 0 Å². The Morgan fingerprint density at radius 3 is 2.39 bits per heavy atom. The van der Waals surface area contributed by atoms with Crippen LogP contribution in [-0.4, -0.2) is 10.9 Å². The molecule has 0 radical (unpaired) electrons. The number of nitrogens with zero attached hydrogens (tertiary/aromatic N) is 1. The molecular weight excluding hydrogens is 354 g/mol. The molecule has 3 aromatic rings. The maximum atomic E-state index is 12.8. The minimum Gasteiger partial charge on any atom is -0.450 e. The standard InChI is InChI=1S/C23H21NO4/c1-4-16(2)23(3,21-11-7-9-17-8-5-6-10-20(17)21)28-22(25)18-12-14-19(15-13-18)24(26)27/h4-16H,1H2,2-3H3/t16-,23+/m0/s1. The van der Waals surface area contributed by atoms with Crippen LogP contribution < -0.4 is 0 Å². The van der Waals surface area contributed by atoms with Gasteiger partial charge < -0.3 is 4.74 Å². The highest BCUT2D eigenvalue weighted by atomic mass is 16.6. The predicted octanol–water partition coefficient (Wildman–Crippen LogP) is 5.64. The molecule has 142 valence electrons. The molecule has 3 rings (SSSR count). The second-order valence-corrected chi connectivity index (χ2v) is 6.85. The molecule has 0 aliphatic heterocycles. The van der Waals surface area contributed by atoms with E-state index in [0.29, 0.717) is 0 Å². The van der Waals surface area contributed by atoms with E-state index in [2.05, 4.69) is 6.58 Å². The number of hydrogen-bond acceptors (Lipinski definition) is 4. The van der Waals surface area contributed by atoms with Crippen LogP contribution in [-0.2, 0) is 10.3 Å². The number of rotatable bonds is 6. The topological polar surface area (TPSA) is 69.4 Å². The van der Waals surface area contributed by atoms with Crippen molar-refractivity contribution in [3.05, 3.63) is 101 Å². The van der Waals surface area contributed by atoms with E-state index in [9.17, 15) is 14.9 Å². The molecule has 0 amide bonds. The fourth-order valence-electron chi connectivity index (χ4n) is 3.25. The van der Waals surface area contributed by atoms with Crippen molar-refractivity contribution >= 4 is 22.4 Å². The number of esters is 1. The lowest BCUT2D eigenvalue weighted by Gasteiger charge is -2.35. The van der Waals surface area contributed by atoms with Crippen LogP contribution in [0.5, 0.6) is 0 Å². The molecule has 0 heterocycles. The molecule has 0 aromatic heterocycles. The smallest absolute Gasteiger partial charge is 0.339 e. The van der Waals surface area contributed by atoms with Gasteiger partial charge in [0, 0.05) is 23.6 Å². The SMILES string of the molecule is C=C[C@H](C)[C@@](C)(OC(=O)c1ccc([N+](=O)[O-])cc1)c1cccc2ccccc12. The zero-order valence-corrected chi connectivity index (χ0v) is 15.8. The first-order valence-corrected chi connectivity index (χ1v) is 8.95. The number of nitro benzene ring substituents is 1. The first-order chi connectivity index (χ1) is 13.4. The van der Waals surface area contributed by atoms with Crippen LogP contribution in [0, 0.1) is 16.0 Å². The summed E-state index contributed by atoms with van der Waals surface area (Å²) >= 11 is 0. The third-order valence-electron chi connectivity index (χ3n) is 5.17. The molecule has 0 saturated carbocycles. The summed E-state index contributed by atoms with van der Waals surface area (Å²) in [5.41, 5.74) is 0.107. The monoisotopic (exact) mass is 375 g/mol. The van der Waals surface area contributed by atoms with Gasteiger partial charge in [-0.1, -0.05) is 55.5 Å². The molecule has 5 heteroatoms. The fraction of sp³-hybridized carbons (Fsp3) is 0.174. The Labute approximate surface area is 163 Å². The van der Waals surface area contributed by atoms with Gasteiger partial charge in [-0.05, 0) is 29.8 Å². The summed E-state index contributed by atoms with van der Waals surface area (Å²) < 4.78 is 5.99. The largest absolute Gasteiger partial charge is 0.450 e. The van der Waals surface area contributed by atoms with E-state index >= 15 is 0 Å². The van der Waals surface area contributed by atoms with E-state index in [1.54, 1.807) is 6.08 Å². The molecule has 0 N–H and O–H groups in total. The van der Waals surface area contributed by atoms with Crippen molar-refractivity contribution in [3.8, 4) is 0 Å². The third-order valence-corrected chi connectivity index (χ3v) is 5.17. The van der Waals surface area contributed by atoms with Crippen molar-refractivity contribution < 1.29 is 14.5 Å². The molecule has 0 aliphatic rings. The second kappa shape index (κ2) is 7.64. The quantitative estimate of drug-likeness (QED) is 0.242. The van der Waals surface area contributed by atoms with Gasteiger partial charge in [0.25, 0.3) is 5.69 Å². The van der Waals surface area contributed by atoms with Gasteiger partial charge in [0.05, 0.1) is 10.5 Å². The van der Waals surface area contributed by atoms with Gasteiger partial charge in [-0.25, -0.2) is 4.79 Å². The molecule has 0 aliphatic carbocycles. The van der Waals surface area contributed by atoms with Crippen LogP contribution >= 0.6 is 0 Å². The van der Waals surface area contributed by atoms with Crippen molar-refractivity contribution in [2.24, 2.45) is 5.92 Å². The van der Waals surface area contributed by atoms with E-state index in [0.717, 1.165) is 16.3 Å². The number of non-ortho nitro benzene ring substituents is 1. The minimum absolute atomic E-state index is 0.0761. The first-order valence-electron chi connectivity index (χ1n) is 8.95. The van der Waals surface area contributed by atoms with Gasteiger partial charge >= 0.3 is 5.97 Å². The number of carbonyl (C=O) groups is 1. The van der Waals surface area contributed by atoms with Crippen molar-refractivity contribution in [1.29, 1.82) is 0 Å². The highest BCUT2D eigenvalue weighted by Crippen LogP contribution is 2.39. The van der Waals surface area contributed by atoms with Crippen molar-refractivity contribution in [2.45, 2.75) is 19.4 Å². The molecular formula is C23H21NO4. The van der Waals surface area contributed by atoms with Crippen molar-refractivity contribution in [3.63, 3.8) is 0 Å². The van der Waals surface area contributed by atoms with Crippen LogP contribution in [0.3, 0.4) is 0 Å². The Morgan fingerprint density at radius 2 is 1.75 bits per heavy atom. The van der Waals surface area contributed by atoms with E-state index < -0.39 is 16.5 Å². The first kappa shape index (κ1) is 19.3. The Hall–Kier alpha value is -3.47. The summed E-state index contributed by atoms with van der Waals surface area (Å²) in [7, 11) is 0. The van der Waals surface area contributed by atoms with E-state index in [1.165, 1.54) is 24.3 Å². The van der Waals surface area contributed by atoms with Gasteiger partial charge in [-0.2, -0.15) is 0 Å². The highest BCUT2D eigenvalue weighted by molar-refractivity contribution is 5.91. The predicted molar refractivity (Wildman–Crippen MR) is 109 cm³/mol. The maximum absolute atomic E-state index is 12.8. The van der Waals surface area contributed by atoms with Crippen LogP contribution in [0.15, 0.2) is 79.4 Å². The van der Waals surface area contributed by atoms with Crippen molar-refractivity contribution in [1.82, 2.24) is 0 Å². The molecule has 3 aromatic carbocycles. The molecule has 0 saturated heterocycles. The zero-order chi connectivity index (χ0) is 20.3. The van der Waals surface area contributed by atoms with Crippen molar-refractivity contribution in [2.75, 3.05) is 0 Å². The summed E-state index contributed by atoms with van der Waals surface area (Å²) in [5, 5.41) is 12.9. The van der Waals surface area contributed by atoms with Crippen LogP contribution in [0.25, 0.3) is 10.8 Å². The van der Waals surface area contributed by atoms with Gasteiger partial charge in [0.1, 0.15) is 5.60 Å². The summed E-state index contributed by atoms with van der Waals surface area (Å²) in [5.74, 6) is -0.709. The van der Waals surface area contributed by atoms with E-state index in [-0.39, 0.29) is 17.2 Å². The number of benzene rings is 3. The summed E-state index contributed by atoms with van der Waals surface area (Å²) in [4.78, 5) is 23.2. The minimum atomic E-state index is -0.957. The van der Waals surface area contributed by atoms with Gasteiger partial charge in [-0.3, -0.25) is 10.1 Å². The normalized spacial score (nSPS) is 14.1. The lowest BCUT2D eigenvalue weighted by Crippen LogP contribution is -2.35. The number of ether oxygens (including phenoxy) is 1. The summed E-state index contributed by atoms with van der Waals surface area (Å²) in [6, 6.07) is 19.2. The fourth-order valence-corrected chi connectivity index (χ4v) is 3.25. The molecule has 5 nitrogen and oxygen atoms in total. The van der Waals surface area contributed by atoms with Crippen LogP contribution in [0.1, 0.15) is 29.8 Å². The zero-order valence-electron chi connectivity index (χ0n) is 15.8. The molecule has 0 spiro atoms. The van der Waals surface area contributed by atoms with E-state index in [1.807, 2.05) is 56.3 Å². The van der Waals surface area contributed by atoms with Gasteiger partial charge in [0.15, 0.2) is 0 Å². The Bertz CT molecular complexity index is 1040. The number of fused-ring (bicyclic) bond motifs is 1.